The van der Waals surface area contributed by atoms with Gasteiger partial charge in [-0.25, -0.2) is 29.1 Å². The van der Waals surface area contributed by atoms with Crippen LogP contribution in [0.25, 0.3) is 28.4 Å². The molecule has 3 heterocycles. The lowest BCUT2D eigenvalue weighted by Crippen LogP contribution is -2.17. The Bertz CT molecular complexity index is 1340. The van der Waals surface area contributed by atoms with Gasteiger partial charge in [0, 0.05) is 6.20 Å². The molecule has 140 valence electrons. The summed E-state index contributed by atoms with van der Waals surface area (Å²) in [5.41, 5.74) is 4.87. The molecular formula is C17H13N7O4. The van der Waals surface area contributed by atoms with Gasteiger partial charge in [-0.3, -0.25) is 4.79 Å². The van der Waals surface area contributed by atoms with Crippen molar-refractivity contribution in [1.29, 1.82) is 0 Å². The molecule has 28 heavy (non-hydrogen) atoms. The first-order chi connectivity index (χ1) is 13.5. The number of aromatic amines is 2. The van der Waals surface area contributed by atoms with E-state index in [0.717, 1.165) is 0 Å². The highest BCUT2D eigenvalue weighted by Gasteiger charge is 2.21. The van der Waals surface area contributed by atoms with Crippen LogP contribution in [0.2, 0.25) is 0 Å². The fraction of sp³-hybridized carbons (Fsp3) is 0.0588. The summed E-state index contributed by atoms with van der Waals surface area (Å²) in [4.78, 5) is 53.2. The summed E-state index contributed by atoms with van der Waals surface area (Å²) in [5, 5.41) is 0. The second-order valence-corrected chi connectivity index (χ2v) is 5.68. The van der Waals surface area contributed by atoms with Crippen LogP contribution in [0.15, 0.2) is 46.1 Å². The van der Waals surface area contributed by atoms with Crippen LogP contribution in [0.5, 0.6) is 5.75 Å². The molecule has 0 spiro atoms. The van der Waals surface area contributed by atoms with Gasteiger partial charge < -0.3 is 20.4 Å². The third kappa shape index (κ3) is 2.70. The van der Waals surface area contributed by atoms with Crippen LogP contribution in [0.3, 0.4) is 0 Å². The Morgan fingerprint density at radius 1 is 1.14 bits per heavy atom. The standard InChI is InChI=1S/C17H13N7O4/c1-28-10-5-3-2-4-9(10)24-15-12(22-17(24)27)11(13(18)25)21-14(23-15)8-6-7-19-16(26)20-8/h2-7H,1H3,(H2,18,25)(H,22,27)(H,19,20,26). The minimum Gasteiger partial charge on any atom is -0.495 e. The number of nitrogens with two attached hydrogens (primary N) is 1. The van der Waals surface area contributed by atoms with E-state index in [-0.39, 0.29) is 28.4 Å². The highest BCUT2D eigenvalue weighted by molar-refractivity contribution is 6.02. The van der Waals surface area contributed by atoms with Gasteiger partial charge in [-0.2, -0.15) is 0 Å². The summed E-state index contributed by atoms with van der Waals surface area (Å²) in [7, 11) is 1.47. The molecule has 4 rings (SSSR count). The summed E-state index contributed by atoms with van der Waals surface area (Å²) < 4.78 is 6.56. The van der Waals surface area contributed by atoms with Gasteiger partial charge in [0.25, 0.3) is 5.91 Å². The Balaban J connectivity index is 2.10. The van der Waals surface area contributed by atoms with Crippen molar-refractivity contribution < 1.29 is 9.53 Å². The van der Waals surface area contributed by atoms with Gasteiger partial charge in [0.2, 0.25) is 0 Å². The maximum absolute atomic E-state index is 12.6. The zero-order valence-corrected chi connectivity index (χ0v) is 14.5. The number of ether oxygens (including phenoxy) is 1. The Morgan fingerprint density at radius 3 is 2.64 bits per heavy atom. The molecule has 1 aromatic carbocycles. The smallest absolute Gasteiger partial charge is 0.345 e. The number of nitrogens with zero attached hydrogens (tertiary/aromatic N) is 4. The minimum atomic E-state index is -0.863. The molecule has 0 fully saturated rings. The lowest BCUT2D eigenvalue weighted by molar-refractivity contribution is 0.0997. The number of hydrogen-bond donors (Lipinski definition) is 3. The Hall–Kier alpha value is -4.28. The van der Waals surface area contributed by atoms with Crippen molar-refractivity contribution in [3.8, 4) is 23.0 Å². The highest BCUT2D eigenvalue weighted by atomic mass is 16.5. The SMILES string of the molecule is COc1ccccc1-n1c(=O)[nH]c2c(C(N)=O)nc(-c3ccnc(=O)[nH]3)nc21. The quantitative estimate of drug-likeness (QED) is 0.448. The summed E-state index contributed by atoms with van der Waals surface area (Å²) >= 11 is 0. The normalized spacial score (nSPS) is 10.9. The van der Waals surface area contributed by atoms with E-state index in [9.17, 15) is 14.4 Å². The fourth-order valence-corrected chi connectivity index (χ4v) is 2.82. The summed E-state index contributed by atoms with van der Waals surface area (Å²) in [6.07, 6.45) is 1.27. The number of H-pyrrole nitrogens is 2. The molecule has 0 unspecified atom stereocenters. The van der Waals surface area contributed by atoms with Gasteiger partial charge in [-0.05, 0) is 18.2 Å². The van der Waals surface area contributed by atoms with E-state index in [1.807, 2.05) is 0 Å². The number of rotatable bonds is 4. The molecule has 1 amide bonds. The number of amides is 1. The van der Waals surface area contributed by atoms with Crippen LogP contribution in [-0.2, 0) is 0 Å². The van der Waals surface area contributed by atoms with E-state index < -0.39 is 17.3 Å². The second kappa shape index (κ2) is 6.46. The Morgan fingerprint density at radius 2 is 1.93 bits per heavy atom. The number of carbonyl (C=O) groups excluding carboxylic acids is 1. The number of nitrogens with one attached hydrogen (secondary N) is 2. The average Bonchev–Trinajstić information content (AvgIpc) is 3.02. The Kier molecular flexibility index (Phi) is 3.96. The van der Waals surface area contributed by atoms with E-state index in [1.54, 1.807) is 24.3 Å². The third-order valence-corrected chi connectivity index (χ3v) is 4.01. The van der Waals surface area contributed by atoms with Crippen LogP contribution in [0.4, 0.5) is 0 Å². The van der Waals surface area contributed by atoms with Crippen LogP contribution in [0, 0.1) is 0 Å². The number of fused-ring (bicyclic) bond motifs is 1. The van der Waals surface area contributed by atoms with Crippen molar-refractivity contribution in [2.24, 2.45) is 5.73 Å². The summed E-state index contributed by atoms with van der Waals surface area (Å²) in [5.74, 6) is -0.439. The maximum Gasteiger partial charge on any atom is 0.345 e. The molecule has 0 bridgehead atoms. The van der Waals surface area contributed by atoms with Crippen molar-refractivity contribution in [3.63, 3.8) is 0 Å². The highest BCUT2D eigenvalue weighted by Crippen LogP contribution is 2.25. The minimum absolute atomic E-state index is 0.00319. The van der Waals surface area contributed by atoms with Gasteiger partial charge in [-0.1, -0.05) is 12.1 Å². The fourth-order valence-electron chi connectivity index (χ4n) is 2.82. The number of primary amides is 1. The van der Waals surface area contributed by atoms with Crippen LogP contribution in [-0.4, -0.2) is 42.5 Å². The number of hydrogen-bond acceptors (Lipinski definition) is 7. The molecule has 4 N–H and O–H groups in total. The molecule has 0 saturated heterocycles. The van der Waals surface area contributed by atoms with E-state index in [2.05, 4.69) is 24.9 Å². The molecule has 0 aliphatic carbocycles. The van der Waals surface area contributed by atoms with Crippen LogP contribution in [0.1, 0.15) is 10.5 Å². The molecule has 3 aromatic heterocycles. The number of aromatic nitrogens is 6. The molecule has 0 atom stereocenters. The predicted octanol–water partition coefficient (Wildman–Crippen LogP) is -0.0334. The van der Waals surface area contributed by atoms with Crippen molar-refractivity contribution in [1.82, 2.24) is 29.5 Å². The maximum atomic E-state index is 12.6. The van der Waals surface area contributed by atoms with E-state index in [1.165, 1.54) is 23.9 Å². The van der Waals surface area contributed by atoms with Gasteiger partial charge in [0.1, 0.15) is 11.3 Å². The third-order valence-electron chi connectivity index (χ3n) is 4.01. The van der Waals surface area contributed by atoms with Gasteiger partial charge in [0.05, 0.1) is 18.5 Å². The molecule has 0 radical (unpaired) electrons. The zero-order chi connectivity index (χ0) is 19.8. The molecule has 0 aliphatic rings. The first-order valence-corrected chi connectivity index (χ1v) is 8.01. The number of methoxy groups -OCH3 is 1. The van der Waals surface area contributed by atoms with E-state index in [4.69, 9.17) is 10.5 Å². The van der Waals surface area contributed by atoms with Gasteiger partial charge in [-0.15, -0.1) is 0 Å². The largest absolute Gasteiger partial charge is 0.495 e. The lowest BCUT2D eigenvalue weighted by Gasteiger charge is -2.09. The Labute approximate surface area is 155 Å². The number of imidazole rings is 1. The first-order valence-electron chi connectivity index (χ1n) is 8.01. The number of carbonyl (C=O) groups is 1. The van der Waals surface area contributed by atoms with Crippen LogP contribution < -0.4 is 21.9 Å². The molecule has 4 aromatic rings. The van der Waals surface area contributed by atoms with Gasteiger partial charge in [0.15, 0.2) is 17.2 Å². The van der Waals surface area contributed by atoms with E-state index >= 15 is 0 Å². The van der Waals surface area contributed by atoms with Crippen LogP contribution >= 0.6 is 0 Å². The molecular weight excluding hydrogens is 366 g/mol. The summed E-state index contributed by atoms with van der Waals surface area (Å²) in [6.45, 7) is 0. The summed E-state index contributed by atoms with van der Waals surface area (Å²) in [6, 6.07) is 8.27. The molecule has 11 heteroatoms. The number of para-hydroxylation sites is 2. The number of benzene rings is 1. The average molecular weight is 379 g/mol. The molecule has 0 saturated carbocycles. The topological polar surface area (TPSA) is 162 Å². The zero-order valence-electron chi connectivity index (χ0n) is 14.5. The molecule has 0 aliphatic heterocycles. The van der Waals surface area contributed by atoms with Crippen molar-refractivity contribution in [2.45, 2.75) is 0 Å². The predicted molar refractivity (Wildman–Crippen MR) is 98.4 cm³/mol. The van der Waals surface area contributed by atoms with E-state index in [0.29, 0.717) is 11.4 Å². The lowest BCUT2D eigenvalue weighted by atomic mass is 10.2. The van der Waals surface area contributed by atoms with Crippen molar-refractivity contribution in [3.05, 3.63) is 63.2 Å². The molecule has 11 nitrogen and oxygen atoms in total. The van der Waals surface area contributed by atoms with Gasteiger partial charge >= 0.3 is 11.4 Å². The monoisotopic (exact) mass is 379 g/mol. The van der Waals surface area contributed by atoms with Crippen molar-refractivity contribution in [2.75, 3.05) is 7.11 Å². The second-order valence-electron chi connectivity index (χ2n) is 5.68. The van der Waals surface area contributed by atoms with Crippen molar-refractivity contribution >= 4 is 17.1 Å². The first kappa shape index (κ1) is 17.1.